The Morgan fingerprint density at radius 1 is 1.29 bits per heavy atom. The van der Waals surface area contributed by atoms with Crippen molar-refractivity contribution in [2.75, 3.05) is 5.32 Å². The van der Waals surface area contributed by atoms with Gasteiger partial charge in [-0.3, -0.25) is 14.9 Å². The molecule has 3 aromatic rings. The molecule has 3 heterocycles. The number of aryl methyl sites for hydroxylation is 1. The summed E-state index contributed by atoms with van der Waals surface area (Å²) >= 11 is 1.52. The fourth-order valence-electron chi connectivity index (χ4n) is 3.23. The van der Waals surface area contributed by atoms with Gasteiger partial charge >= 0.3 is 0 Å². The van der Waals surface area contributed by atoms with Crippen LogP contribution in [-0.2, 0) is 4.79 Å². The first kappa shape index (κ1) is 17.9. The van der Waals surface area contributed by atoms with Gasteiger partial charge in [0.1, 0.15) is 6.04 Å². The Hall–Kier alpha value is -3.53. The standard InChI is InChI=1S/C18H16N6O3S/c1-9-7-8-28-15(9)14-13(16(19)25)10(2)20-18-21-17(22-23(14)18)11-3-5-12(6-4-11)24(26)27/h3-8,14H,1-2H3,(H2,19,25)(H,20,21,22). The number of anilines is 1. The van der Waals surface area contributed by atoms with Crippen molar-refractivity contribution < 1.29 is 9.72 Å². The maximum absolute atomic E-state index is 12.2. The zero-order valence-electron chi connectivity index (χ0n) is 15.0. The number of nitrogens with two attached hydrogens (primary N) is 1. The predicted octanol–water partition coefficient (Wildman–Crippen LogP) is 3.00. The highest BCUT2D eigenvalue weighted by Gasteiger charge is 2.34. The molecule has 1 aliphatic heterocycles. The van der Waals surface area contributed by atoms with Gasteiger partial charge in [-0.25, -0.2) is 4.68 Å². The van der Waals surface area contributed by atoms with Crippen LogP contribution < -0.4 is 11.1 Å². The van der Waals surface area contributed by atoms with Crippen molar-refractivity contribution in [3.05, 3.63) is 67.5 Å². The van der Waals surface area contributed by atoms with E-state index in [4.69, 9.17) is 5.73 Å². The zero-order chi connectivity index (χ0) is 20.0. The van der Waals surface area contributed by atoms with Crippen molar-refractivity contribution in [2.45, 2.75) is 19.9 Å². The Morgan fingerprint density at radius 3 is 2.57 bits per heavy atom. The Morgan fingerprint density at radius 2 is 2.00 bits per heavy atom. The van der Waals surface area contributed by atoms with Gasteiger partial charge in [0.2, 0.25) is 11.9 Å². The quantitative estimate of drug-likeness (QED) is 0.515. The maximum Gasteiger partial charge on any atom is 0.269 e. The third kappa shape index (κ3) is 2.83. The molecule has 0 fully saturated rings. The van der Waals surface area contributed by atoms with Gasteiger partial charge < -0.3 is 11.1 Å². The fraction of sp³-hybridized carbons (Fsp3) is 0.167. The van der Waals surface area contributed by atoms with Crippen molar-refractivity contribution in [3.8, 4) is 11.4 Å². The first-order valence-electron chi connectivity index (χ1n) is 8.39. The number of amides is 1. The number of hydrogen-bond donors (Lipinski definition) is 2. The number of nitro benzene ring substituents is 1. The molecule has 0 aliphatic carbocycles. The van der Waals surface area contributed by atoms with Crippen LogP contribution in [0.3, 0.4) is 0 Å². The Kier molecular flexibility index (Phi) is 4.19. The van der Waals surface area contributed by atoms with Crippen LogP contribution in [0.2, 0.25) is 0 Å². The molecule has 4 rings (SSSR count). The lowest BCUT2D eigenvalue weighted by atomic mass is 9.99. The van der Waals surface area contributed by atoms with E-state index in [-0.39, 0.29) is 5.69 Å². The molecule has 0 saturated carbocycles. The number of fused-ring (bicyclic) bond motifs is 1. The molecule has 0 radical (unpaired) electrons. The molecule has 1 amide bonds. The second kappa shape index (κ2) is 6.57. The number of nitrogens with zero attached hydrogens (tertiary/aromatic N) is 4. The van der Waals surface area contributed by atoms with Crippen LogP contribution >= 0.6 is 11.3 Å². The smallest absolute Gasteiger partial charge is 0.269 e. The summed E-state index contributed by atoms with van der Waals surface area (Å²) in [5, 5.41) is 20.5. The van der Waals surface area contributed by atoms with Crippen LogP contribution in [-0.4, -0.2) is 25.6 Å². The van der Waals surface area contributed by atoms with Crippen molar-refractivity contribution in [2.24, 2.45) is 5.73 Å². The van der Waals surface area contributed by atoms with E-state index in [0.29, 0.717) is 28.6 Å². The van der Waals surface area contributed by atoms with E-state index in [1.165, 1.54) is 23.5 Å². The summed E-state index contributed by atoms with van der Waals surface area (Å²) < 4.78 is 1.64. The number of benzene rings is 1. The van der Waals surface area contributed by atoms with E-state index in [2.05, 4.69) is 15.4 Å². The number of nitrogens with one attached hydrogen (secondary N) is 1. The van der Waals surface area contributed by atoms with Crippen LogP contribution in [0.5, 0.6) is 0 Å². The third-order valence-corrected chi connectivity index (χ3v) is 5.68. The van der Waals surface area contributed by atoms with Crippen LogP contribution in [0.25, 0.3) is 11.4 Å². The summed E-state index contributed by atoms with van der Waals surface area (Å²) in [6.07, 6.45) is 0. The molecule has 142 valence electrons. The number of rotatable bonds is 4. The number of carbonyl (C=O) groups excluding carboxylic acids is 1. The van der Waals surface area contributed by atoms with E-state index in [1.54, 1.807) is 23.7 Å². The number of non-ortho nitro benzene ring substituents is 1. The molecule has 0 bridgehead atoms. The molecular weight excluding hydrogens is 380 g/mol. The first-order chi connectivity index (χ1) is 13.4. The minimum absolute atomic E-state index is 0.00791. The van der Waals surface area contributed by atoms with E-state index in [0.717, 1.165) is 10.4 Å². The van der Waals surface area contributed by atoms with Gasteiger partial charge in [0, 0.05) is 28.3 Å². The largest absolute Gasteiger partial charge is 0.366 e. The lowest BCUT2D eigenvalue weighted by molar-refractivity contribution is -0.384. The third-order valence-electron chi connectivity index (χ3n) is 4.60. The molecule has 10 heteroatoms. The number of hydrogen-bond acceptors (Lipinski definition) is 7. The zero-order valence-corrected chi connectivity index (χ0v) is 15.9. The van der Waals surface area contributed by atoms with Gasteiger partial charge in [-0.15, -0.1) is 16.4 Å². The number of carbonyl (C=O) groups is 1. The van der Waals surface area contributed by atoms with Gasteiger partial charge in [0.15, 0.2) is 5.82 Å². The minimum Gasteiger partial charge on any atom is -0.366 e. The van der Waals surface area contributed by atoms with Crippen LogP contribution in [0.15, 0.2) is 47.0 Å². The fourth-order valence-corrected chi connectivity index (χ4v) is 4.25. The summed E-state index contributed by atoms with van der Waals surface area (Å²) in [6.45, 7) is 3.75. The first-order valence-corrected chi connectivity index (χ1v) is 9.27. The molecule has 1 aromatic carbocycles. The van der Waals surface area contributed by atoms with E-state index < -0.39 is 16.9 Å². The minimum atomic E-state index is -0.527. The maximum atomic E-state index is 12.2. The van der Waals surface area contributed by atoms with Gasteiger partial charge in [-0.1, -0.05) is 0 Å². The molecule has 2 aromatic heterocycles. The second-order valence-electron chi connectivity index (χ2n) is 6.41. The molecule has 9 nitrogen and oxygen atoms in total. The molecule has 0 saturated heterocycles. The van der Waals surface area contributed by atoms with Crippen molar-refractivity contribution in [1.82, 2.24) is 14.8 Å². The van der Waals surface area contributed by atoms with Gasteiger partial charge in [-0.05, 0) is 43.0 Å². The van der Waals surface area contributed by atoms with E-state index in [9.17, 15) is 14.9 Å². The molecule has 1 atom stereocenters. The Bertz CT molecular complexity index is 1130. The summed E-state index contributed by atoms with van der Waals surface area (Å²) in [6, 6.07) is 7.50. The number of nitro groups is 1. The Balaban J connectivity index is 1.83. The number of thiophene rings is 1. The highest BCUT2D eigenvalue weighted by Crippen LogP contribution is 2.39. The van der Waals surface area contributed by atoms with Crippen molar-refractivity contribution in [3.63, 3.8) is 0 Å². The monoisotopic (exact) mass is 396 g/mol. The second-order valence-corrected chi connectivity index (χ2v) is 7.35. The van der Waals surface area contributed by atoms with Crippen molar-refractivity contribution >= 4 is 28.9 Å². The highest BCUT2D eigenvalue weighted by atomic mass is 32.1. The number of primary amides is 1. The number of allylic oxidation sites excluding steroid dienone is 1. The van der Waals surface area contributed by atoms with Crippen LogP contribution in [0.1, 0.15) is 23.4 Å². The van der Waals surface area contributed by atoms with Crippen LogP contribution in [0.4, 0.5) is 11.6 Å². The summed E-state index contributed by atoms with van der Waals surface area (Å²) in [7, 11) is 0. The van der Waals surface area contributed by atoms with Gasteiger partial charge in [0.25, 0.3) is 5.69 Å². The molecule has 28 heavy (non-hydrogen) atoms. The van der Waals surface area contributed by atoms with Crippen LogP contribution in [0, 0.1) is 17.0 Å². The summed E-state index contributed by atoms with van der Waals surface area (Å²) in [5.74, 6) is 0.351. The predicted molar refractivity (Wildman–Crippen MR) is 105 cm³/mol. The topological polar surface area (TPSA) is 129 Å². The highest BCUT2D eigenvalue weighted by molar-refractivity contribution is 7.10. The number of aromatic nitrogens is 3. The molecular formula is C18H16N6O3S. The average Bonchev–Trinajstić information content (AvgIpc) is 3.26. The Labute approximate surface area is 163 Å². The lowest BCUT2D eigenvalue weighted by Crippen LogP contribution is -2.31. The normalized spacial score (nSPS) is 15.9. The summed E-state index contributed by atoms with van der Waals surface area (Å²) in [4.78, 5) is 28.0. The van der Waals surface area contributed by atoms with E-state index >= 15 is 0 Å². The molecule has 1 aliphatic rings. The molecule has 1 unspecified atom stereocenters. The van der Waals surface area contributed by atoms with Gasteiger partial charge in [-0.2, -0.15) is 4.98 Å². The summed E-state index contributed by atoms with van der Waals surface area (Å²) in [5.41, 5.74) is 8.38. The molecule has 3 N–H and O–H groups in total. The SMILES string of the molecule is CC1=C(C(N)=O)C(c2sccc2C)n2nc(-c3ccc([N+](=O)[O-])cc3)nc2N1. The average molecular weight is 396 g/mol. The molecule has 0 spiro atoms. The van der Waals surface area contributed by atoms with Gasteiger partial charge in [0.05, 0.1) is 10.5 Å². The van der Waals surface area contributed by atoms with Crippen molar-refractivity contribution in [1.29, 1.82) is 0 Å². The van der Waals surface area contributed by atoms with E-state index in [1.807, 2.05) is 18.4 Å². The lowest BCUT2D eigenvalue weighted by Gasteiger charge is -2.27.